The van der Waals surface area contributed by atoms with Crippen LogP contribution < -0.4 is 5.32 Å². The maximum absolute atomic E-state index is 12.1. The number of nitrogens with one attached hydrogen (secondary N) is 1. The minimum absolute atomic E-state index is 0.0401. The monoisotopic (exact) mass is 311 g/mol. The van der Waals surface area contributed by atoms with E-state index in [9.17, 15) is 9.90 Å². The number of benzene rings is 1. The van der Waals surface area contributed by atoms with Crippen LogP contribution in [0.3, 0.4) is 0 Å². The van der Waals surface area contributed by atoms with Gasteiger partial charge in [-0.15, -0.1) is 0 Å². The van der Waals surface area contributed by atoms with Gasteiger partial charge in [0.25, 0.3) is 0 Å². The summed E-state index contributed by atoms with van der Waals surface area (Å²) in [6, 6.07) is 7.41. The van der Waals surface area contributed by atoms with E-state index in [2.05, 4.69) is 10.2 Å². The fourth-order valence-corrected chi connectivity index (χ4v) is 2.52. The molecule has 1 aliphatic rings. The molecule has 0 aliphatic carbocycles. The van der Waals surface area contributed by atoms with Crippen LogP contribution in [0.1, 0.15) is 12.5 Å². The molecule has 1 saturated heterocycles. The molecule has 0 aromatic heterocycles. The Labute approximate surface area is 130 Å². The van der Waals surface area contributed by atoms with Gasteiger partial charge < -0.3 is 15.3 Å². The minimum Gasteiger partial charge on any atom is -0.392 e. The van der Waals surface area contributed by atoms with E-state index in [1.807, 2.05) is 29.2 Å². The molecule has 0 unspecified atom stereocenters. The predicted octanol–water partition coefficient (Wildman–Crippen LogP) is 1.55. The fourth-order valence-electron chi connectivity index (χ4n) is 2.40. The molecule has 2 rings (SSSR count). The first-order chi connectivity index (χ1) is 10.0. The van der Waals surface area contributed by atoms with Crippen molar-refractivity contribution in [1.82, 2.24) is 15.1 Å². The summed E-state index contributed by atoms with van der Waals surface area (Å²) in [6.07, 6.45) is -0.324. The molecule has 5 nitrogen and oxygen atoms in total. The number of aliphatic hydroxyl groups is 1. The largest absolute Gasteiger partial charge is 0.392 e. The molecule has 21 heavy (non-hydrogen) atoms. The van der Waals surface area contributed by atoms with Gasteiger partial charge in [-0.05, 0) is 24.6 Å². The second-order valence-electron chi connectivity index (χ2n) is 5.42. The molecule has 1 aliphatic heterocycles. The summed E-state index contributed by atoms with van der Waals surface area (Å²) in [5, 5.41) is 13.0. The summed E-state index contributed by atoms with van der Waals surface area (Å²) in [7, 11) is 0. The molecule has 2 N–H and O–H groups in total. The summed E-state index contributed by atoms with van der Waals surface area (Å²) in [6.45, 7) is 5.95. The Kier molecular flexibility index (Phi) is 5.85. The average Bonchev–Trinajstić information content (AvgIpc) is 2.46. The second kappa shape index (κ2) is 7.64. The van der Waals surface area contributed by atoms with Crippen molar-refractivity contribution in [3.63, 3.8) is 0 Å². The van der Waals surface area contributed by atoms with Gasteiger partial charge in [0.1, 0.15) is 0 Å². The highest BCUT2D eigenvalue weighted by Crippen LogP contribution is 2.09. The lowest BCUT2D eigenvalue weighted by molar-refractivity contribution is 0.0897. The number of nitrogens with zero attached hydrogens (tertiary/aromatic N) is 2. The van der Waals surface area contributed by atoms with E-state index in [4.69, 9.17) is 11.6 Å². The number of aliphatic hydroxyl groups excluding tert-OH is 1. The molecule has 6 heteroatoms. The van der Waals surface area contributed by atoms with Crippen LogP contribution in [0, 0.1) is 0 Å². The van der Waals surface area contributed by atoms with Gasteiger partial charge >= 0.3 is 6.03 Å². The number of urea groups is 1. The van der Waals surface area contributed by atoms with Gasteiger partial charge in [0.05, 0.1) is 6.10 Å². The molecule has 1 aromatic rings. The smallest absolute Gasteiger partial charge is 0.317 e. The first-order valence-electron chi connectivity index (χ1n) is 7.22. The van der Waals surface area contributed by atoms with Crippen LogP contribution in [-0.4, -0.2) is 59.8 Å². The molecule has 0 bridgehead atoms. The Bertz CT molecular complexity index is 456. The number of hydrogen-bond donors (Lipinski definition) is 2. The highest BCUT2D eigenvalue weighted by atomic mass is 35.5. The van der Waals surface area contributed by atoms with Crippen molar-refractivity contribution in [3.05, 3.63) is 34.9 Å². The number of rotatable bonds is 4. The maximum atomic E-state index is 12.1. The molecule has 1 aromatic carbocycles. The Morgan fingerprint density at radius 2 is 1.90 bits per heavy atom. The number of halogens is 1. The van der Waals surface area contributed by atoms with Crippen molar-refractivity contribution < 1.29 is 9.90 Å². The number of hydrogen-bond acceptors (Lipinski definition) is 3. The number of carbonyl (C=O) groups is 1. The molecule has 1 fully saturated rings. The van der Waals surface area contributed by atoms with Crippen LogP contribution in [0.4, 0.5) is 4.79 Å². The molecule has 0 saturated carbocycles. The van der Waals surface area contributed by atoms with Gasteiger partial charge in [-0.3, -0.25) is 4.90 Å². The van der Waals surface area contributed by atoms with Gasteiger partial charge in [-0.25, -0.2) is 4.79 Å². The quantitative estimate of drug-likeness (QED) is 0.887. The average molecular weight is 312 g/mol. The third kappa shape index (κ3) is 5.19. The molecule has 0 spiro atoms. The molecule has 116 valence electrons. The van der Waals surface area contributed by atoms with Crippen molar-refractivity contribution in [2.24, 2.45) is 0 Å². The van der Waals surface area contributed by atoms with E-state index in [0.717, 1.165) is 18.7 Å². The molecule has 0 radical (unpaired) electrons. The Hall–Kier alpha value is -1.30. The normalized spacial score (nSPS) is 17.6. The van der Waals surface area contributed by atoms with E-state index in [0.29, 0.717) is 31.2 Å². The lowest BCUT2D eigenvalue weighted by Gasteiger charge is -2.35. The maximum Gasteiger partial charge on any atom is 0.317 e. The van der Waals surface area contributed by atoms with Crippen molar-refractivity contribution in [1.29, 1.82) is 0 Å². The van der Waals surface area contributed by atoms with E-state index in [-0.39, 0.29) is 12.1 Å². The molecular weight excluding hydrogens is 290 g/mol. The van der Waals surface area contributed by atoms with Gasteiger partial charge in [0.2, 0.25) is 0 Å². The highest BCUT2D eigenvalue weighted by molar-refractivity contribution is 6.30. The lowest BCUT2D eigenvalue weighted by Crippen LogP contribution is -2.52. The first kappa shape index (κ1) is 16.1. The zero-order chi connectivity index (χ0) is 15.2. The van der Waals surface area contributed by atoms with Crippen molar-refractivity contribution in [2.45, 2.75) is 19.6 Å². The van der Waals surface area contributed by atoms with Crippen LogP contribution in [0.5, 0.6) is 0 Å². The van der Waals surface area contributed by atoms with Crippen molar-refractivity contribution in [3.8, 4) is 0 Å². The zero-order valence-electron chi connectivity index (χ0n) is 12.3. The Morgan fingerprint density at radius 3 is 2.48 bits per heavy atom. The van der Waals surface area contributed by atoms with E-state index < -0.39 is 0 Å². The van der Waals surface area contributed by atoms with Crippen LogP contribution in [-0.2, 0) is 6.54 Å². The summed E-state index contributed by atoms with van der Waals surface area (Å²) in [4.78, 5) is 16.1. The lowest BCUT2D eigenvalue weighted by atomic mass is 10.2. The van der Waals surface area contributed by atoms with Crippen LogP contribution in [0.2, 0.25) is 5.02 Å². The number of amides is 2. The second-order valence-corrected chi connectivity index (χ2v) is 5.86. The van der Waals surface area contributed by atoms with E-state index in [1.165, 1.54) is 0 Å². The van der Waals surface area contributed by atoms with E-state index in [1.54, 1.807) is 6.92 Å². The molecular formula is C15H22ClN3O2. The Morgan fingerprint density at radius 1 is 1.29 bits per heavy atom. The third-order valence-electron chi connectivity index (χ3n) is 3.54. The van der Waals surface area contributed by atoms with Crippen LogP contribution in [0.15, 0.2) is 24.3 Å². The standard InChI is InChI=1S/C15H22ClN3O2/c1-12(20)11-18-6-8-19(9-7-18)15(21)17-10-13-2-4-14(16)5-3-13/h2-5,12,20H,6-11H2,1H3,(H,17,21)/t12-/m1/s1. The zero-order valence-corrected chi connectivity index (χ0v) is 13.0. The number of piperazine rings is 1. The molecule has 2 amide bonds. The first-order valence-corrected chi connectivity index (χ1v) is 7.60. The predicted molar refractivity (Wildman–Crippen MR) is 83.4 cm³/mol. The van der Waals surface area contributed by atoms with Crippen LogP contribution >= 0.6 is 11.6 Å². The third-order valence-corrected chi connectivity index (χ3v) is 3.79. The summed E-state index contributed by atoms with van der Waals surface area (Å²) in [5.74, 6) is 0. The van der Waals surface area contributed by atoms with Gasteiger partial charge in [0.15, 0.2) is 0 Å². The topological polar surface area (TPSA) is 55.8 Å². The van der Waals surface area contributed by atoms with Gasteiger partial charge in [-0.1, -0.05) is 23.7 Å². The fraction of sp³-hybridized carbons (Fsp3) is 0.533. The van der Waals surface area contributed by atoms with Crippen LogP contribution in [0.25, 0.3) is 0 Å². The summed E-state index contributed by atoms with van der Waals surface area (Å²) >= 11 is 5.83. The number of carbonyl (C=O) groups excluding carboxylic acids is 1. The minimum atomic E-state index is -0.324. The van der Waals surface area contributed by atoms with Crippen molar-refractivity contribution >= 4 is 17.6 Å². The summed E-state index contributed by atoms with van der Waals surface area (Å²) < 4.78 is 0. The van der Waals surface area contributed by atoms with Gasteiger partial charge in [0, 0.05) is 44.3 Å². The summed E-state index contributed by atoms with van der Waals surface area (Å²) in [5.41, 5.74) is 1.03. The SMILES string of the molecule is C[C@@H](O)CN1CCN(C(=O)NCc2ccc(Cl)cc2)CC1. The molecule has 1 heterocycles. The number of β-amino-alcohol motifs (C(OH)–C–C–N with tert-alkyl or cyclic N) is 1. The Balaban J connectivity index is 1.73. The highest BCUT2D eigenvalue weighted by Gasteiger charge is 2.21. The molecule has 1 atom stereocenters. The van der Waals surface area contributed by atoms with Crippen molar-refractivity contribution in [2.75, 3.05) is 32.7 Å². The van der Waals surface area contributed by atoms with Gasteiger partial charge in [-0.2, -0.15) is 0 Å². The van der Waals surface area contributed by atoms with E-state index >= 15 is 0 Å².